The van der Waals surface area contributed by atoms with Crippen molar-refractivity contribution < 1.29 is 4.79 Å². The second-order valence-corrected chi connectivity index (χ2v) is 7.51. The van der Waals surface area contributed by atoms with Crippen LogP contribution >= 0.6 is 24.8 Å². The van der Waals surface area contributed by atoms with Gasteiger partial charge < -0.3 is 16.0 Å². The molecule has 1 spiro atoms. The highest BCUT2D eigenvalue weighted by atomic mass is 35.5. The van der Waals surface area contributed by atoms with Gasteiger partial charge in [-0.25, -0.2) is 0 Å². The predicted molar refractivity (Wildman–Crippen MR) is 99.4 cm³/mol. The summed E-state index contributed by atoms with van der Waals surface area (Å²) in [5, 5.41) is 3.49. The molecule has 1 saturated carbocycles. The lowest BCUT2D eigenvalue weighted by Gasteiger charge is -2.41. The fraction of sp³-hybridized carbons (Fsp3) is 0.941. The molecule has 2 saturated heterocycles. The summed E-state index contributed by atoms with van der Waals surface area (Å²) in [5.74, 6) is 0.436. The van der Waals surface area contributed by atoms with Gasteiger partial charge in [0.15, 0.2) is 0 Å². The van der Waals surface area contributed by atoms with Gasteiger partial charge in [-0.15, -0.1) is 24.8 Å². The molecule has 0 aromatic carbocycles. The quantitative estimate of drug-likeness (QED) is 0.750. The highest BCUT2D eigenvalue weighted by Crippen LogP contribution is 2.37. The molecule has 3 N–H and O–H groups in total. The summed E-state index contributed by atoms with van der Waals surface area (Å²) in [5.41, 5.74) is 6.80. The van der Waals surface area contributed by atoms with Crippen molar-refractivity contribution in [3.63, 3.8) is 0 Å². The molecule has 3 fully saturated rings. The minimum atomic E-state index is 0. The number of hydrogen-bond acceptors (Lipinski definition) is 3. The maximum Gasteiger partial charge on any atom is 0.227 e. The minimum absolute atomic E-state index is 0. The van der Waals surface area contributed by atoms with Crippen molar-refractivity contribution in [1.82, 2.24) is 10.2 Å². The van der Waals surface area contributed by atoms with E-state index in [1.54, 1.807) is 0 Å². The fourth-order valence-electron chi connectivity index (χ4n) is 4.48. The first-order chi connectivity index (χ1) is 10.2. The molecule has 2 aliphatic heterocycles. The first kappa shape index (κ1) is 21.0. The van der Waals surface area contributed by atoms with Crippen molar-refractivity contribution in [3.05, 3.63) is 0 Å². The average molecular weight is 366 g/mol. The Morgan fingerprint density at radius 2 is 1.65 bits per heavy atom. The van der Waals surface area contributed by atoms with Gasteiger partial charge in [0.2, 0.25) is 5.91 Å². The molecule has 1 amide bonds. The van der Waals surface area contributed by atoms with Gasteiger partial charge in [-0.3, -0.25) is 4.79 Å². The standard InChI is InChI=1S/C17H31N3O.2ClH/c18-15-6-4-2-1-3-5-14(15)16(21)20-11-8-17(9-12-20)7-10-19-13-17;;/h14-15,19H,1-13,18H2;2*1H. The molecular formula is C17H33Cl2N3O. The number of piperidine rings is 1. The first-order valence-corrected chi connectivity index (χ1v) is 8.95. The number of nitrogens with two attached hydrogens (primary N) is 1. The number of nitrogens with one attached hydrogen (secondary N) is 1. The van der Waals surface area contributed by atoms with Gasteiger partial charge in [-0.2, -0.15) is 0 Å². The third-order valence-corrected chi connectivity index (χ3v) is 6.10. The lowest BCUT2D eigenvalue weighted by Crippen LogP contribution is -2.49. The number of carbonyl (C=O) groups excluding carboxylic acids is 1. The van der Waals surface area contributed by atoms with Gasteiger partial charge >= 0.3 is 0 Å². The molecule has 0 aromatic rings. The van der Waals surface area contributed by atoms with Crippen molar-refractivity contribution in [3.8, 4) is 0 Å². The van der Waals surface area contributed by atoms with Gasteiger partial charge in [-0.1, -0.05) is 25.7 Å². The zero-order chi connectivity index (χ0) is 14.7. The third kappa shape index (κ3) is 4.97. The van der Waals surface area contributed by atoms with E-state index in [2.05, 4.69) is 10.2 Å². The second-order valence-electron chi connectivity index (χ2n) is 7.51. The maximum absolute atomic E-state index is 12.9. The number of rotatable bonds is 1. The lowest BCUT2D eigenvalue weighted by molar-refractivity contribution is -0.139. The predicted octanol–water partition coefficient (Wildman–Crippen LogP) is 2.73. The zero-order valence-corrected chi connectivity index (χ0v) is 15.7. The summed E-state index contributed by atoms with van der Waals surface area (Å²) in [6.45, 7) is 4.20. The number of hydrogen-bond donors (Lipinski definition) is 2. The summed E-state index contributed by atoms with van der Waals surface area (Å²) in [7, 11) is 0. The van der Waals surface area contributed by atoms with Crippen molar-refractivity contribution in [2.45, 2.75) is 63.8 Å². The van der Waals surface area contributed by atoms with E-state index in [1.165, 1.54) is 44.9 Å². The minimum Gasteiger partial charge on any atom is -0.342 e. The molecule has 2 unspecified atom stereocenters. The molecule has 0 aromatic heterocycles. The largest absolute Gasteiger partial charge is 0.342 e. The Balaban J connectivity index is 0.00000132. The van der Waals surface area contributed by atoms with Gasteiger partial charge in [0.05, 0.1) is 5.92 Å². The highest BCUT2D eigenvalue weighted by molar-refractivity contribution is 5.85. The Kier molecular flexibility index (Phi) is 8.64. The van der Waals surface area contributed by atoms with E-state index in [4.69, 9.17) is 5.73 Å². The Morgan fingerprint density at radius 3 is 2.26 bits per heavy atom. The zero-order valence-electron chi connectivity index (χ0n) is 14.1. The summed E-state index contributed by atoms with van der Waals surface area (Å²) in [4.78, 5) is 15.0. The monoisotopic (exact) mass is 365 g/mol. The number of halogens is 2. The van der Waals surface area contributed by atoms with Crippen molar-refractivity contribution in [2.75, 3.05) is 26.2 Å². The Hall–Kier alpha value is -0.0300. The summed E-state index contributed by atoms with van der Waals surface area (Å²) >= 11 is 0. The highest BCUT2D eigenvalue weighted by Gasteiger charge is 2.39. The molecule has 1 aliphatic carbocycles. The van der Waals surface area contributed by atoms with Crippen LogP contribution in [-0.2, 0) is 4.79 Å². The number of amides is 1. The van der Waals surface area contributed by atoms with Crippen LogP contribution < -0.4 is 11.1 Å². The van der Waals surface area contributed by atoms with E-state index < -0.39 is 0 Å². The fourth-order valence-corrected chi connectivity index (χ4v) is 4.48. The molecule has 2 heterocycles. The van der Waals surface area contributed by atoms with E-state index in [1.807, 2.05) is 0 Å². The number of carbonyl (C=O) groups is 1. The van der Waals surface area contributed by atoms with Crippen LogP contribution in [-0.4, -0.2) is 43.0 Å². The molecule has 2 atom stereocenters. The third-order valence-electron chi connectivity index (χ3n) is 6.10. The Morgan fingerprint density at radius 1 is 1.00 bits per heavy atom. The van der Waals surface area contributed by atoms with Crippen LogP contribution in [0.25, 0.3) is 0 Å². The Labute approximate surface area is 153 Å². The van der Waals surface area contributed by atoms with Crippen LogP contribution in [0, 0.1) is 11.3 Å². The van der Waals surface area contributed by atoms with Crippen LogP contribution in [0.4, 0.5) is 0 Å². The molecule has 136 valence electrons. The molecule has 6 heteroatoms. The van der Waals surface area contributed by atoms with Crippen LogP contribution in [0.15, 0.2) is 0 Å². The van der Waals surface area contributed by atoms with Crippen LogP contribution in [0.5, 0.6) is 0 Å². The molecule has 3 aliphatic rings. The van der Waals surface area contributed by atoms with Crippen molar-refractivity contribution >= 4 is 30.7 Å². The lowest BCUT2D eigenvalue weighted by atomic mass is 9.77. The van der Waals surface area contributed by atoms with Gasteiger partial charge in [0, 0.05) is 25.7 Å². The average Bonchev–Trinajstić information content (AvgIpc) is 2.92. The maximum atomic E-state index is 12.9. The van der Waals surface area contributed by atoms with E-state index in [-0.39, 0.29) is 36.8 Å². The van der Waals surface area contributed by atoms with E-state index in [0.29, 0.717) is 11.3 Å². The van der Waals surface area contributed by atoms with E-state index in [9.17, 15) is 4.79 Å². The summed E-state index contributed by atoms with van der Waals surface area (Å²) < 4.78 is 0. The van der Waals surface area contributed by atoms with Gasteiger partial charge in [0.25, 0.3) is 0 Å². The van der Waals surface area contributed by atoms with E-state index in [0.717, 1.165) is 39.0 Å². The molecule has 3 rings (SSSR count). The molecule has 0 bridgehead atoms. The Bertz CT molecular complexity index is 365. The molecule has 4 nitrogen and oxygen atoms in total. The molecule has 23 heavy (non-hydrogen) atoms. The normalized spacial score (nSPS) is 30.7. The first-order valence-electron chi connectivity index (χ1n) is 8.95. The van der Waals surface area contributed by atoms with E-state index >= 15 is 0 Å². The summed E-state index contributed by atoms with van der Waals surface area (Å²) in [6, 6.07) is 0.0850. The number of likely N-dealkylation sites (tertiary alicyclic amines) is 1. The van der Waals surface area contributed by atoms with Gasteiger partial charge in [0.1, 0.15) is 0 Å². The molecular weight excluding hydrogens is 333 g/mol. The smallest absolute Gasteiger partial charge is 0.227 e. The van der Waals surface area contributed by atoms with Crippen LogP contribution in [0.1, 0.15) is 57.8 Å². The van der Waals surface area contributed by atoms with Crippen molar-refractivity contribution in [2.24, 2.45) is 17.1 Å². The number of nitrogens with zero attached hydrogens (tertiary/aromatic N) is 1. The molecule has 0 radical (unpaired) electrons. The SMILES string of the molecule is Cl.Cl.NC1CCCCCCC1C(=O)N1CCC2(CCNC2)CC1. The van der Waals surface area contributed by atoms with Crippen molar-refractivity contribution in [1.29, 1.82) is 0 Å². The topological polar surface area (TPSA) is 58.4 Å². The van der Waals surface area contributed by atoms with Crippen LogP contribution in [0.2, 0.25) is 0 Å². The van der Waals surface area contributed by atoms with Gasteiger partial charge in [-0.05, 0) is 44.1 Å². The van der Waals surface area contributed by atoms with Crippen LogP contribution in [0.3, 0.4) is 0 Å². The second kappa shape index (κ2) is 9.45. The summed E-state index contributed by atoms with van der Waals surface area (Å²) in [6.07, 6.45) is 10.6.